The lowest BCUT2D eigenvalue weighted by molar-refractivity contribution is 0.169. The summed E-state index contributed by atoms with van der Waals surface area (Å²) in [6, 6.07) is 18.1. The van der Waals surface area contributed by atoms with Crippen molar-refractivity contribution in [2.75, 3.05) is 6.61 Å². The van der Waals surface area contributed by atoms with Gasteiger partial charge in [0.1, 0.15) is 18.5 Å². The maximum Gasteiger partial charge on any atom is 0.297 e. The smallest absolute Gasteiger partial charge is 0.297 e. The van der Waals surface area contributed by atoms with E-state index in [2.05, 4.69) is 6.58 Å². The first-order valence-electron chi connectivity index (χ1n) is 11.9. The number of nitrogens with zero attached hydrogens (tertiary/aromatic N) is 1. The van der Waals surface area contributed by atoms with Gasteiger partial charge in [-0.05, 0) is 69.3 Å². The highest BCUT2D eigenvalue weighted by Gasteiger charge is 2.23. The molecule has 198 valence electrons. The van der Waals surface area contributed by atoms with Crippen molar-refractivity contribution in [2.45, 2.75) is 36.7 Å². The summed E-state index contributed by atoms with van der Waals surface area (Å²) < 4.78 is 64.8. The monoisotopic (exact) mass is 551 g/mol. The van der Waals surface area contributed by atoms with Gasteiger partial charge in [0.25, 0.3) is 20.1 Å². The van der Waals surface area contributed by atoms with Crippen LogP contribution in [0, 0.1) is 13.8 Å². The predicted octanol–water partition coefficient (Wildman–Crippen LogP) is 5.87. The normalized spacial score (nSPS) is 13.1. The number of aromatic nitrogens is 1. The number of fused-ring (bicyclic) bond motifs is 1. The number of rotatable bonds is 10. The van der Waals surface area contributed by atoms with Gasteiger partial charge in [-0.3, -0.25) is 4.18 Å². The zero-order chi connectivity index (χ0) is 27.5. The van der Waals surface area contributed by atoms with E-state index in [4.69, 9.17) is 8.92 Å². The lowest BCUT2D eigenvalue weighted by Crippen LogP contribution is -2.23. The van der Waals surface area contributed by atoms with E-state index in [-0.39, 0.29) is 16.4 Å². The number of hydrogen-bond acceptors (Lipinski definition) is 6. The molecule has 38 heavy (non-hydrogen) atoms. The van der Waals surface area contributed by atoms with Gasteiger partial charge in [0.2, 0.25) is 0 Å². The molecule has 0 N–H and O–H groups in total. The molecule has 0 saturated heterocycles. The van der Waals surface area contributed by atoms with Crippen LogP contribution in [0.25, 0.3) is 17.0 Å². The maximum atomic E-state index is 13.4. The molecule has 0 unspecified atom stereocenters. The molecule has 0 spiro atoms. The van der Waals surface area contributed by atoms with Crippen molar-refractivity contribution >= 4 is 37.1 Å². The predicted molar refractivity (Wildman–Crippen MR) is 149 cm³/mol. The Bertz CT molecular complexity index is 1700. The topological polar surface area (TPSA) is 91.7 Å². The number of allylic oxidation sites excluding steroid dienone is 1. The van der Waals surface area contributed by atoms with Gasteiger partial charge in [0.05, 0.1) is 15.3 Å². The lowest BCUT2D eigenvalue weighted by atomic mass is 10.1. The Kier molecular flexibility index (Phi) is 7.91. The maximum absolute atomic E-state index is 13.4. The summed E-state index contributed by atoms with van der Waals surface area (Å²) >= 11 is 0. The minimum atomic E-state index is -4.01. The van der Waals surface area contributed by atoms with Crippen LogP contribution in [-0.2, 0) is 24.3 Å². The second kappa shape index (κ2) is 11.0. The highest BCUT2D eigenvalue weighted by atomic mass is 32.2. The quantitative estimate of drug-likeness (QED) is 0.181. The van der Waals surface area contributed by atoms with E-state index >= 15 is 0 Å². The molecule has 0 fully saturated rings. The minimum Gasteiger partial charge on any atom is -0.483 e. The highest BCUT2D eigenvalue weighted by Crippen LogP contribution is 2.34. The first-order chi connectivity index (χ1) is 18.1. The third kappa shape index (κ3) is 5.60. The van der Waals surface area contributed by atoms with E-state index in [0.29, 0.717) is 22.2 Å². The van der Waals surface area contributed by atoms with Crippen LogP contribution in [0.3, 0.4) is 0 Å². The Morgan fingerprint density at radius 3 is 2.05 bits per heavy atom. The van der Waals surface area contributed by atoms with Crippen molar-refractivity contribution in [1.82, 2.24) is 3.97 Å². The highest BCUT2D eigenvalue weighted by molar-refractivity contribution is 7.90. The van der Waals surface area contributed by atoms with Crippen molar-refractivity contribution < 1.29 is 25.8 Å². The Morgan fingerprint density at radius 1 is 0.868 bits per heavy atom. The molecule has 0 saturated carbocycles. The van der Waals surface area contributed by atoms with E-state index in [0.717, 1.165) is 11.1 Å². The molecule has 0 radical (unpaired) electrons. The zero-order valence-corrected chi connectivity index (χ0v) is 23.0. The fourth-order valence-electron chi connectivity index (χ4n) is 3.89. The average molecular weight is 552 g/mol. The summed E-state index contributed by atoms with van der Waals surface area (Å²) in [6.07, 6.45) is 5.75. The molecular formula is C29H29NO6S2. The van der Waals surface area contributed by atoms with Crippen molar-refractivity contribution in [1.29, 1.82) is 0 Å². The Balaban J connectivity index is 1.68. The van der Waals surface area contributed by atoms with Crippen LogP contribution < -0.4 is 4.74 Å². The summed E-state index contributed by atoms with van der Waals surface area (Å²) in [6.45, 7) is 9.06. The second-order valence-electron chi connectivity index (χ2n) is 8.79. The fourth-order valence-corrected chi connectivity index (χ4v) is 6.15. The number of aryl methyl sites for hydroxylation is 2. The van der Waals surface area contributed by atoms with Crippen LogP contribution in [0.4, 0.5) is 0 Å². The SMILES string of the molecule is C=C[C@@H](COS(=O)(=O)c1ccc(C)cc1)Oc1c(C=CC)ccc2c1ccn2S(=O)(=O)c1ccc(C)cc1. The van der Waals surface area contributed by atoms with Crippen LogP contribution in [-0.4, -0.2) is 33.5 Å². The van der Waals surface area contributed by atoms with Crippen molar-refractivity contribution in [2.24, 2.45) is 0 Å². The summed E-state index contributed by atoms with van der Waals surface area (Å²) in [5.41, 5.74) is 3.00. The number of ether oxygens (including phenoxy) is 1. The van der Waals surface area contributed by atoms with Crippen molar-refractivity contribution in [3.8, 4) is 5.75 Å². The van der Waals surface area contributed by atoms with Gasteiger partial charge in [0, 0.05) is 17.1 Å². The summed E-state index contributed by atoms with van der Waals surface area (Å²) in [4.78, 5) is 0.209. The summed E-state index contributed by atoms with van der Waals surface area (Å²) in [7, 11) is -7.87. The van der Waals surface area contributed by atoms with Gasteiger partial charge in [-0.25, -0.2) is 12.4 Å². The molecule has 0 aliphatic rings. The second-order valence-corrected chi connectivity index (χ2v) is 12.2. The van der Waals surface area contributed by atoms with Crippen molar-refractivity contribution in [3.63, 3.8) is 0 Å². The van der Waals surface area contributed by atoms with Gasteiger partial charge < -0.3 is 4.74 Å². The minimum absolute atomic E-state index is 0.0426. The van der Waals surface area contributed by atoms with Crippen LogP contribution in [0.1, 0.15) is 23.6 Å². The summed E-state index contributed by atoms with van der Waals surface area (Å²) in [5.74, 6) is 0.389. The van der Waals surface area contributed by atoms with Gasteiger partial charge in [-0.15, -0.1) is 0 Å². The van der Waals surface area contributed by atoms with Gasteiger partial charge in [-0.1, -0.05) is 54.1 Å². The third-order valence-corrected chi connectivity index (χ3v) is 8.97. The first-order valence-corrected chi connectivity index (χ1v) is 14.8. The molecular weight excluding hydrogens is 522 g/mol. The van der Waals surface area contributed by atoms with Crippen LogP contribution >= 0.6 is 0 Å². The molecule has 1 heterocycles. The zero-order valence-electron chi connectivity index (χ0n) is 21.4. The van der Waals surface area contributed by atoms with Crippen LogP contribution in [0.5, 0.6) is 5.75 Å². The molecule has 0 amide bonds. The number of hydrogen-bond donors (Lipinski definition) is 0. The van der Waals surface area contributed by atoms with Crippen molar-refractivity contribution in [3.05, 3.63) is 108 Å². The van der Waals surface area contributed by atoms with Gasteiger partial charge in [-0.2, -0.15) is 8.42 Å². The molecule has 4 rings (SSSR count). The molecule has 1 aromatic heterocycles. The third-order valence-electron chi connectivity index (χ3n) is 5.97. The fraction of sp³-hybridized carbons (Fsp3) is 0.172. The Labute approximate surface area is 223 Å². The Hall–Kier alpha value is -3.66. The largest absolute Gasteiger partial charge is 0.483 e. The van der Waals surface area contributed by atoms with E-state index in [9.17, 15) is 16.8 Å². The van der Waals surface area contributed by atoms with E-state index < -0.39 is 26.2 Å². The molecule has 7 nitrogen and oxygen atoms in total. The number of benzene rings is 3. The molecule has 9 heteroatoms. The van der Waals surface area contributed by atoms with E-state index in [1.54, 1.807) is 54.6 Å². The lowest BCUT2D eigenvalue weighted by Gasteiger charge is -2.19. The molecule has 4 aromatic rings. The van der Waals surface area contributed by atoms with Crippen LogP contribution in [0.2, 0.25) is 0 Å². The van der Waals surface area contributed by atoms with Gasteiger partial charge in [0.15, 0.2) is 0 Å². The Morgan fingerprint density at radius 2 is 1.47 bits per heavy atom. The standard InChI is InChI=1S/C29H29NO6S2/c1-5-7-23-12-17-28-27(18-19-30(28)37(31,32)25-13-8-21(3)9-14-25)29(23)36-24(6-2)20-35-38(33,34)26-15-10-22(4)11-16-26/h5-19,24H,2,20H2,1,3-4H3/t24-/m0/s1. The molecule has 0 bridgehead atoms. The van der Waals surface area contributed by atoms with E-state index in [1.807, 2.05) is 32.9 Å². The average Bonchev–Trinajstić information content (AvgIpc) is 3.33. The molecule has 1 atom stereocenters. The first kappa shape index (κ1) is 27.4. The molecule has 0 aliphatic carbocycles. The van der Waals surface area contributed by atoms with Gasteiger partial charge >= 0.3 is 0 Å². The summed E-state index contributed by atoms with van der Waals surface area (Å²) in [5, 5.41) is 0.546. The molecule has 0 aliphatic heterocycles. The molecule has 3 aromatic carbocycles. The van der Waals surface area contributed by atoms with Crippen LogP contribution in [0.15, 0.2) is 101 Å². The van der Waals surface area contributed by atoms with E-state index in [1.165, 1.54) is 28.4 Å².